The zero-order valence-corrected chi connectivity index (χ0v) is 11.9. The maximum absolute atomic E-state index is 4.49. The first kappa shape index (κ1) is 10.3. The largest absolute Gasteiger partial charge is 0.278 e. The fourth-order valence-corrected chi connectivity index (χ4v) is 4.52. The van der Waals surface area contributed by atoms with Gasteiger partial charge in [-0.1, -0.05) is 6.07 Å². The summed E-state index contributed by atoms with van der Waals surface area (Å²) in [7, 11) is 0. The van der Waals surface area contributed by atoms with Gasteiger partial charge in [-0.3, -0.25) is 3.11 Å². The van der Waals surface area contributed by atoms with E-state index in [4.69, 9.17) is 0 Å². The summed E-state index contributed by atoms with van der Waals surface area (Å²) in [5, 5.41) is 1.27. The summed E-state index contributed by atoms with van der Waals surface area (Å²) in [5.41, 5.74) is 3.69. The standard InChI is InChI=1S/C11H10IN3S/c1-7-3-4-10(11-9(7)5-13-16-11)15-6-8(2)14-12-15/h3-6H,1-2H3. The molecule has 3 nitrogen and oxygen atoms in total. The number of nitrogens with zero attached hydrogens (tertiary/aromatic N) is 3. The third-order valence-electron chi connectivity index (χ3n) is 2.50. The van der Waals surface area contributed by atoms with Crippen molar-refractivity contribution < 1.29 is 0 Å². The highest BCUT2D eigenvalue weighted by molar-refractivity contribution is 14.2. The highest BCUT2D eigenvalue weighted by atomic mass is 127. The number of fused-ring (bicyclic) bond motifs is 1. The van der Waals surface area contributed by atoms with Crippen LogP contribution in [0.15, 0.2) is 33.4 Å². The van der Waals surface area contributed by atoms with E-state index in [9.17, 15) is 0 Å². The molecule has 0 saturated heterocycles. The second-order valence-electron chi connectivity index (χ2n) is 3.71. The van der Waals surface area contributed by atoms with Gasteiger partial charge in [0.25, 0.3) is 0 Å². The van der Waals surface area contributed by atoms with E-state index in [0.29, 0.717) is 0 Å². The minimum Gasteiger partial charge on any atom is -0.278 e. The van der Waals surface area contributed by atoms with Gasteiger partial charge in [-0.05, 0) is 37.0 Å². The molecule has 0 N–H and O–H groups in total. The Hall–Kier alpha value is -0.820. The smallest absolute Gasteiger partial charge is 0.125 e. The Morgan fingerprint density at radius 3 is 2.94 bits per heavy atom. The third-order valence-corrected chi connectivity index (χ3v) is 5.56. The predicted molar refractivity (Wildman–Crippen MR) is 77.0 cm³/mol. The van der Waals surface area contributed by atoms with E-state index >= 15 is 0 Å². The summed E-state index contributed by atoms with van der Waals surface area (Å²) in [6.45, 7) is 4.18. The van der Waals surface area contributed by atoms with Gasteiger partial charge in [-0.15, -0.1) is 0 Å². The molecule has 1 aromatic heterocycles. The molecule has 2 heterocycles. The molecule has 0 saturated carbocycles. The SMILES string of the molecule is CC1=CN(c2ccc(C)c3cnsc23)I=N1. The minimum atomic E-state index is -0.264. The van der Waals surface area contributed by atoms with Crippen molar-refractivity contribution in [1.29, 1.82) is 0 Å². The molecule has 3 rings (SSSR count). The molecule has 0 fully saturated rings. The van der Waals surface area contributed by atoms with Gasteiger partial charge in [-0.2, -0.15) is 4.37 Å². The normalized spacial score (nSPS) is 15.4. The Morgan fingerprint density at radius 2 is 2.19 bits per heavy atom. The summed E-state index contributed by atoms with van der Waals surface area (Å²) in [5.74, 6) is 0. The van der Waals surface area contributed by atoms with Crippen LogP contribution in [0.25, 0.3) is 10.1 Å². The van der Waals surface area contributed by atoms with Crippen LogP contribution in [0.4, 0.5) is 5.69 Å². The molecule has 16 heavy (non-hydrogen) atoms. The van der Waals surface area contributed by atoms with Gasteiger partial charge in [0.15, 0.2) is 0 Å². The van der Waals surface area contributed by atoms with Crippen molar-refractivity contribution >= 4 is 48.6 Å². The lowest BCUT2D eigenvalue weighted by Crippen LogP contribution is -1.98. The Morgan fingerprint density at radius 1 is 1.31 bits per heavy atom. The quantitative estimate of drug-likeness (QED) is 0.569. The van der Waals surface area contributed by atoms with Gasteiger partial charge in [-0.25, -0.2) is 3.15 Å². The van der Waals surface area contributed by atoms with Gasteiger partial charge in [0.1, 0.15) is 21.3 Å². The molecule has 1 aliphatic heterocycles. The first-order valence-electron chi connectivity index (χ1n) is 4.93. The molecule has 0 aliphatic carbocycles. The van der Waals surface area contributed by atoms with Crippen LogP contribution in [0.1, 0.15) is 12.5 Å². The van der Waals surface area contributed by atoms with Crippen LogP contribution in [0.3, 0.4) is 0 Å². The Balaban J connectivity index is 2.22. The van der Waals surface area contributed by atoms with Crippen LogP contribution in [-0.4, -0.2) is 4.37 Å². The molecule has 0 unspecified atom stereocenters. The Kier molecular flexibility index (Phi) is 2.51. The van der Waals surface area contributed by atoms with Crippen LogP contribution in [0, 0.1) is 6.92 Å². The number of hydrogen-bond donors (Lipinski definition) is 0. The molecule has 1 aliphatic rings. The average molecular weight is 343 g/mol. The van der Waals surface area contributed by atoms with Gasteiger partial charge in [0.2, 0.25) is 0 Å². The average Bonchev–Trinajstić information content (AvgIpc) is 2.87. The van der Waals surface area contributed by atoms with Crippen molar-refractivity contribution in [2.45, 2.75) is 13.8 Å². The van der Waals surface area contributed by atoms with Crippen LogP contribution in [-0.2, 0) is 0 Å². The topological polar surface area (TPSA) is 28.5 Å². The lowest BCUT2D eigenvalue weighted by atomic mass is 10.1. The van der Waals surface area contributed by atoms with Crippen LogP contribution in [0.5, 0.6) is 0 Å². The van der Waals surface area contributed by atoms with Crippen molar-refractivity contribution in [1.82, 2.24) is 4.37 Å². The van der Waals surface area contributed by atoms with E-state index in [1.54, 1.807) is 11.5 Å². The maximum atomic E-state index is 4.49. The third kappa shape index (κ3) is 1.58. The number of aryl methyl sites for hydroxylation is 1. The Labute approximate surface area is 108 Å². The van der Waals surface area contributed by atoms with Gasteiger partial charge < -0.3 is 0 Å². The fraction of sp³-hybridized carbons (Fsp3) is 0.182. The molecule has 0 radical (unpaired) electrons. The molecule has 0 atom stereocenters. The van der Waals surface area contributed by atoms with E-state index in [1.165, 1.54) is 21.3 Å². The lowest BCUT2D eigenvalue weighted by molar-refractivity contribution is 1.33. The first-order valence-corrected chi connectivity index (χ1v) is 7.63. The molecular weight excluding hydrogens is 333 g/mol. The zero-order chi connectivity index (χ0) is 11.1. The monoisotopic (exact) mass is 343 g/mol. The molecular formula is C11H10IN3S. The number of allylic oxidation sites excluding steroid dienone is 1. The van der Waals surface area contributed by atoms with E-state index in [0.717, 1.165) is 5.70 Å². The molecule has 0 amide bonds. The summed E-state index contributed by atoms with van der Waals surface area (Å²) in [6.07, 6.45) is 4.10. The lowest BCUT2D eigenvalue weighted by Gasteiger charge is -2.11. The van der Waals surface area contributed by atoms with Crippen LogP contribution < -0.4 is 3.11 Å². The second kappa shape index (κ2) is 3.89. The predicted octanol–water partition coefficient (Wildman–Crippen LogP) is 4.36. The number of anilines is 1. The van der Waals surface area contributed by atoms with Crippen LogP contribution >= 0.6 is 32.8 Å². The fourth-order valence-electron chi connectivity index (χ4n) is 1.66. The maximum Gasteiger partial charge on any atom is 0.125 e. The van der Waals surface area contributed by atoms with Gasteiger partial charge in [0, 0.05) is 17.8 Å². The van der Waals surface area contributed by atoms with E-state index in [-0.39, 0.29) is 21.3 Å². The molecule has 82 valence electrons. The van der Waals surface area contributed by atoms with Crippen molar-refractivity contribution in [3.8, 4) is 0 Å². The highest BCUT2D eigenvalue weighted by Gasteiger charge is 2.13. The summed E-state index contributed by atoms with van der Waals surface area (Å²) < 4.78 is 12.3. The number of aromatic nitrogens is 1. The van der Waals surface area contributed by atoms with Gasteiger partial charge >= 0.3 is 0 Å². The molecule has 1 aromatic carbocycles. The molecule has 0 spiro atoms. The summed E-state index contributed by atoms with van der Waals surface area (Å²) in [6, 6.07) is 4.34. The van der Waals surface area contributed by atoms with E-state index in [2.05, 4.69) is 42.8 Å². The van der Waals surface area contributed by atoms with Gasteiger partial charge in [0.05, 0.1) is 16.1 Å². The van der Waals surface area contributed by atoms with Crippen molar-refractivity contribution in [3.63, 3.8) is 0 Å². The van der Waals surface area contributed by atoms with E-state index < -0.39 is 0 Å². The molecule has 5 heteroatoms. The number of benzene rings is 1. The first-order chi connectivity index (χ1) is 7.75. The molecule has 0 bridgehead atoms. The summed E-state index contributed by atoms with van der Waals surface area (Å²) in [4.78, 5) is 0. The van der Waals surface area contributed by atoms with Crippen molar-refractivity contribution in [2.24, 2.45) is 3.15 Å². The number of rotatable bonds is 1. The van der Waals surface area contributed by atoms with Crippen molar-refractivity contribution in [3.05, 3.63) is 35.8 Å². The second-order valence-corrected chi connectivity index (χ2v) is 6.47. The minimum absolute atomic E-state index is 0.264. The highest BCUT2D eigenvalue weighted by Crippen LogP contribution is 2.38. The van der Waals surface area contributed by atoms with Crippen LogP contribution in [0.2, 0.25) is 0 Å². The number of hydrogen-bond acceptors (Lipinski definition) is 4. The van der Waals surface area contributed by atoms with E-state index in [1.807, 2.05) is 6.20 Å². The van der Waals surface area contributed by atoms with Crippen molar-refractivity contribution in [2.75, 3.05) is 3.11 Å². The zero-order valence-electron chi connectivity index (χ0n) is 8.94. The molecule has 2 aromatic rings. The number of halogens is 1. The Bertz CT molecular complexity index is 615. The summed E-state index contributed by atoms with van der Waals surface area (Å²) >= 11 is 1.31.